The van der Waals surface area contributed by atoms with Gasteiger partial charge in [0.25, 0.3) is 0 Å². The highest BCUT2D eigenvalue weighted by Crippen LogP contribution is 2.28. The van der Waals surface area contributed by atoms with Crippen molar-refractivity contribution < 1.29 is 0 Å². The normalized spacial score (nSPS) is 22.9. The van der Waals surface area contributed by atoms with E-state index in [0.29, 0.717) is 18.5 Å². The minimum absolute atomic E-state index is 0.308. The Labute approximate surface area is 113 Å². The molecular weight excluding hydrogens is 238 g/mol. The zero-order valence-corrected chi connectivity index (χ0v) is 11.0. The Balaban J connectivity index is 1.76. The van der Waals surface area contributed by atoms with E-state index < -0.39 is 0 Å². The molecule has 2 fully saturated rings. The van der Waals surface area contributed by atoms with Crippen LogP contribution in [0, 0.1) is 11.3 Å². The monoisotopic (exact) mass is 257 g/mol. The topological polar surface area (TPSA) is 64.8 Å². The molecule has 1 aromatic rings. The van der Waals surface area contributed by atoms with Crippen LogP contribution in [0.2, 0.25) is 0 Å². The van der Waals surface area contributed by atoms with Crippen LogP contribution in [-0.4, -0.2) is 28.6 Å². The van der Waals surface area contributed by atoms with E-state index in [9.17, 15) is 0 Å². The smallest absolute Gasteiger partial charge is 0.134 e. The number of hydrogen-bond donors (Lipinski definition) is 1. The van der Waals surface area contributed by atoms with E-state index in [-0.39, 0.29) is 0 Å². The molecule has 2 heterocycles. The Kier molecular flexibility index (Phi) is 3.49. The molecule has 0 amide bonds. The maximum atomic E-state index is 8.94. The second kappa shape index (κ2) is 5.43. The fourth-order valence-electron chi connectivity index (χ4n) is 2.64. The molecule has 0 radical (unpaired) electrons. The third-order valence-electron chi connectivity index (χ3n) is 3.83. The van der Waals surface area contributed by atoms with Gasteiger partial charge in [-0.2, -0.15) is 5.26 Å². The molecule has 0 spiro atoms. The lowest BCUT2D eigenvalue weighted by molar-refractivity contribution is 0.461. The lowest BCUT2D eigenvalue weighted by Gasteiger charge is -2.35. The molecule has 0 bridgehead atoms. The number of nitrogens with zero attached hydrogens (tertiary/aromatic N) is 4. The SMILES string of the molecule is N#CCC1CCCCN1c1cc(NC2CC2)ncn1. The van der Waals surface area contributed by atoms with Crippen molar-refractivity contribution in [3.8, 4) is 6.07 Å². The first kappa shape index (κ1) is 12.2. The first-order valence-electron chi connectivity index (χ1n) is 7.09. The summed E-state index contributed by atoms with van der Waals surface area (Å²) in [6.45, 7) is 0.992. The zero-order chi connectivity index (χ0) is 13.1. The first-order chi connectivity index (χ1) is 9.36. The van der Waals surface area contributed by atoms with Crippen LogP contribution in [0.15, 0.2) is 12.4 Å². The molecule has 1 unspecified atom stereocenters. The summed E-state index contributed by atoms with van der Waals surface area (Å²) in [5.41, 5.74) is 0. The van der Waals surface area contributed by atoms with Crippen LogP contribution >= 0.6 is 0 Å². The Bertz CT molecular complexity index is 477. The van der Waals surface area contributed by atoms with Gasteiger partial charge in [0.2, 0.25) is 0 Å². The van der Waals surface area contributed by atoms with Crippen LogP contribution in [0.4, 0.5) is 11.6 Å². The number of aromatic nitrogens is 2. The van der Waals surface area contributed by atoms with E-state index in [1.54, 1.807) is 6.33 Å². The maximum absolute atomic E-state index is 8.94. The summed E-state index contributed by atoms with van der Waals surface area (Å²) in [5, 5.41) is 12.3. The fourth-order valence-corrected chi connectivity index (χ4v) is 2.64. The van der Waals surface area contributed by atoms with Crippen LogP contribution in [0.3, 0.4) is 0 Å². The molecule has 5 nitrogen and oxygen atoms in total. The van der Waals surface area contributed by atoms with Crippen molar-refractivity contribution >= 4 is 11.6 Å². The van der Waals surface area contributed by atoms with E-state index in [1.807, 2.05) is 6.07 Å². The Morgan fingerprint density at radius 3 is 3.00 bits per heavy atom. The number of piperidine rings is 1. The lowest BCUT2D eigenvalue weighted by Crippen LogP contribution is -2.39. The second-order valence-electron chi connectivity index (χ2n) is 5.39. The van der Waals surface area contributed by atoms with Gasteiger partial charge in [-0.1, -0.05) is 0 Å². The molecule has 3 rings (SSSR count). The van der Waals surface area contributed by atoms with Crippen molar-refractivity contribution in [3.63, 3.8) is 0 Å². The highest BCUT2D eigenvalue weighted by Gasteiger charge is 2.25. The third kappa shape index (κ3) is 2.95. The lowest BCUT2D eigenvalue weighted by atomic mass is 10.00. The van der Waals surface area contributed by atoms with Crippen LogP contribution < -0.4 is 10.2 Å². The average molecular weight is 257 g/mol. The minimum atomic E-state index is 0.308. The maximum Gasteiger partial charge on any atom is 0.134 e. The molecule has 1 aromatic heterocycles. The molecule has 1 aliphatic heterocycles. The van der Waals surface area contributed by atoms with Crippen molar-refractivity contribution in [2.24, 2.45) is 0 Å². The van der Waals surface area contributed by atoms with E-state index in [4.69, 9.17) is 5.26 Å². The van der Waals surface area contributed by atoms with Crippen molar-refractivity contribution in [1.29, 1.82) is 5.26 Å². The van der Waals surface area contributed by atoms with Gasteiger partial charge in [0, 0.05) is 24.7 Å². The molecule has 0 aromatic carbocycles. The standard InChI is InChI=1S/C14H19N5/c15-7-6-12-3-1-2-8-19(12)14-9-13(16-10-17-14)18-11-4-5-11/h9-12H,1-6,8H2,(H,16,17,18). The van der Waals surface area contributed by atoms with E-state index >= 15 is 0 Å². The van der Waals surface area contributed by atoms with Gasteiger partial charge in [-0.25, -0.2) is 9.97 Å². The van der Waals surface area contributed by atoms with Gasteiger partial charge in [-0.3, -0.25) is 0 Å². The van der Waals surface area contributed by atoms with Gasteiger partial charge < -0.3 is 10.2 Å². The van der Waals surface area contributed by atoms with E-state index in [1.165, 1.54) is 25.7 Å². The van der Waals surface area contributed by atoms with Gasteiger partial charge in [-0.05, 0) is 32.1 Å². The molecule has 5 heteroatoms. The summed E-state index contributed by atoms with van der Waals surface area (Å²) in [6.07, 6.45) is 8.15. The Hall–Kier alpha value is -1.83. The summed E-state index contributed by atoms with van der Waals surface area (Å²) in [5.74, 6) is 1.87. The molecular formula is C14H19N5. The van der Waals surface area contributed by atoms with Crippen molar-refractivity contribution in [3.05, 3.63) is 12.4 Å². The molecule has 100 valence electrons. The quantitative estimate of drug-likeness (QED) is 0.896. The highest BCUT2D eigenvalue weighted by atomic mass is 15.2. The molecule has 1 saturated carbocycles. The summed E-state index contributed by atoms with van der Waals surface area (Å²) in [6, 6.07) is 5.22. The Morgan fingerprint density at radius 1 is 1.32 bits per heavy atom. The number of hydrogen-bond acceptors (Lipinski definition) is 5. The molecule has 2 aliphatic rings. The fraction of sp³-hybridized carbons (Fsp3) is 0.643. The van der Waals surface area contributed by atoms with E-state index in [0.717, 1.165) is 24.6 Å². The van der Waals surface area contributed by atoms with Gasteiger partial charge >= 0.3 is 0 Å². The predicted molar refractivity (Wildman–Crippen MR) is 73.9 cm³/mol. The van der Waals surface area contributed by atoms with Crippen LogP contribution in [-0.2, 0) is 0 Å². The predicted octanol–water partition coefficient (Wildman–Crippen LogP) is 2.32. The van der Waals surface area contributed by atoms with E-state index in [2.05, 4.69) is 26.3 Å². The van der Waals surface area contributed by atoms with Gasteiger partial charge in [0.15, 0.2) is 0 Å². The summed E-state index contributed by atoms with van der Waals surface area (Å²) < 4.78 is 0. The number of anilines is 2. The van der Waals surface area contributed by atoms with Crippen LogP contribution in [0.1, 0.15) is 38.5 Å². The van der Waals surface area contributed by atoms with Gasteiger partial charge in [-0.15, -0.1) is 0 Å². The summed E-state index contributed by atoms with van der Waals surface area (Å²) in [7, 11) is 0. The third-order valence-corrected chi connectivity index (χ3v) is 3.83. The largest absolute Gasteiger partial charge is 0.367 e. The number of rotatable bonds is 4. The molecule has 1 saturated heterocycles. The van der Waals surface area contributed by atoms with Gasteiger partial charge in [0.1, 0.15) is 18.0 Å². The zero-order valence-electron chi connectivity index (χ0n) is 11.0. The minimum Gasteiger partial charge on any atom is -0.367 e. The molecule has 1 atom stereocenters. The molecule has 1 aliphatic carbocycles. The van der Waals surface area contributed by atoms with Crippen LogP contribution in [0.25, 0.3) is 0 Å². The Morgan fingerprint density at radius 2 is 2.21 bits per heavy atom. The number of nitriles is 1. The molecule has 19 heavy (non-hydrogen) atoms. The summed E-state index contributed by atoms with van der Waals surface area (Å²) in [4.78, 5) is 10.9. The average Bonchev–Trinajstić information content (AvgIpc) is 3.24. The first-order valence-corrected chi connectivity index (χ1v) is 7.09. The van der Waals surface area contributed by atoms with Crippen molar-refractivity contribution in [2.45, 2.75) is 50.6 Å². The van der Waals surface area contributed by atoms with Crippen molar-refractivity contribution in [2.75, 3.05) is 16.8 Å². The molecule has 1 N–H and O–H groups in total. The van der Waals surface area contributed by atoms with Crippen molar-refractivity contribution in [1.82, 2.24) is 9.97 Å². The summed E-state index contributed by atoms with van der Waals surface area (Å²) >= 11 is 0. The van der Waals surface area contributed by atoms with Gasteiger partial charge in [0.05, 0.1) is 12.5 Å². The van der Waals surface area contributed by atoms with Crippen LogP contribution in [0.5, 0.6) is 0 Å². The highest BCUT2D eigenvalue weighted by molar-refractivity contribution is 5.50. The second-order valence-corrected chi connectivity index (χ2v) is 5.39. The number of nitrogens with one attached hydrogen (secondary N) is 1.